The lowest BCUT2D eigenvalue weighted by Gasteiger charge is -2.64. The van der Waals surface area contributed by atoms with Gasteiger partial charge in [0.1, 0.15) is 18.9 Å². The van der Waals surface area contributed by atoms with E-state index in [1.165, 1.54) is 6.42 Å². The Morgan fingerprint density at radius 3 is 2.71 bits per heavy atom. The van der Waals surface area contributed by atoms with Crippen LogP contribution in [0.15, 0.2) is 30.3 Å². The Balaban J connectivity index is 1.13. The number of nitrogens with zero attached hydrogens (tertiary/aromatic N) is 1. The summed E-state index contributed by atoms with van der Waals surface area (Å²) in [5, 5.41) is 2.74. The highest BCUT2D eigenvalue weighted by molar-refractivity contribution is 6.48. The second-order valence-corrected chi connectivity index (χ2v) is 11.7. The van der Waals surface area contributed by atoms with Crippen molar-refractivity contribution in [2.24, 2.45) is 17.3 Å². The van der Waals surface area contributed by atoms with Crippen LogP contribution in [0.25, 0.3) is 0 Å². The molecule has 3 heterocycles. The van der Waals surface area contributed by atoms with Crippen molar-refractivity contribution in [3.8, 4) is 0 Å². The fraction of sp³-hybridized carbons (Fsp3) is 0.692. The number of carbonyl (C=O) groups excluding carboxylic acids is 2. The summed E-state index contributed by atoms with van der Waals surface area (Å²) >= 11 is 0. The Kier molecular flexibility index (Phi) is 5.47. The van der Waals surface area contributed by atoms with Crippen molar-refractivity contribution in [1.29, 1.82) is 0 Å². The zero-order valence-electron chi connectivity index (χ0n) is 20.9. The molecule has 3 saturated carbocycles. The number of amides is 2. The molecule has 3 aliphatic carbocycles. The first-order valence-corrected chi connectivity index (χ1v) is 13.0. The van der Waals surface area contributed by atoms with Gasteiger partial charge in [-0.25, -0.2) is 4.79 Å². The van der Waals surface area contributed by atoms with Gasteiger partial charge < -0.3 is 29.0 Å². The first-order chi connectivity index (χ1) is 16.7. The minimum atomic E-state index is -0.818. The predicted molar refractivity (Wildman–Crippen MR) is 128 cm³/mol. The van der Waals surface area contributed by atoms with E-state index < -0.39 is 25.4 Å². The highest BCUT2D eigenvalue weighted by Gasteiger charge is 2.69. The fourth-order valence-electron chi connectivity index (χ4n) is 7.33. The van der Waals surface area contributed by atoms with Gasteiger partial charge in [0.05, 0.1) is 23.8 Å². The average Bonchev–Trinajstić information content (AvgIpc) is 3.41. The van der Waals surface area contributed by atoms with Gasteiger partial charge in [0.15, 0.2) is 0 Å². The molecule has 6 fully saturated rings. The molecule has 3 saturated heterocycles. The Morgan fingerprint density at radius 1 is 1.20 bits per heavy atom. The van der Waals surface area contributed by atoms with Gasteiger partial charge in [-0.2, -0.15) is 0 Å². The Bertz CT molecular complexity index is 1010. The number of alkyl carbamates (subject to hydrolysis) is 1. The van der Waals surface area contributed by atoms with Crippen molar-refractivity contribution in [3.05, 3.63) is 35.9 Å². The minimum Gasteiger partial charge on any atom is -0.445 e. The molecule has 188 valence electrons. The van der Waals surface area contributed by atoms with E-state index in [9.17, 15) is 9.59 Å². The maximum Gasteiger partial charge on any atom is 0.482 e. The molecule has 1 aromatic rings. The molecule has 3 aliphatic heterocycles. The van der Waals surface area contributed by atoms with E-state index in [0.717, 1.165) is 24.8 Å². The molecule has 8 nitrogen and oxygen atoms in total. The van der Waals surface area contributed by atoms with Crippen LogP contribution in [0.2, 0.25) is 0 Å². The van der Waals surface area contributed by atoms with Crippen LogP contribution in [-0.2, 0) is 30.2 Å². The summed E-state index contributed by atoms with van der Waals surface area (Å²) in [6, 6.07) is 8.63. The number of ether oxygens (including phenoxy) is 2. The Hall–Kier alpha value is -2.10. The monoisotopic (exact) mass is 482 g/mol. The third-order valence-electron chi connectivity index (χ3n) is 9.51. The van der Waals surface area contributed by atoms with Crippen LogP contribution in [0.1, 0.15) is 58.9 Å². The number of hydrogen-bond acceptors (Lipinski definition) is 6. The quantitative estimate of drug-likeness (QED) is 0.663. The summed E-state index contributed by atoms with van der Waals surface area (Å²) in [5.74, 6) is 0.737. The molecule has 2 amide bonds. The summed E-state index contributed by atoms with van der Waals surface area (Å²) in [6.45, 7) is 8.83. The van der Waals surface area contributed by atoms with Crippen LogP contribution in [0.4, 0.5) is 4.79 Å². The van der Waals surface area contributed by atoms with Crippen LogP contribution in [-0.4, -0.2) is 60.0 Å². The van der Waals surface area contributed by atoms with Gasteiger partial charge >= 0.3 is 13.2 Å². The first kappa shape index (κ1) is 23.3. The van der Waals surface area contributed by atoms with Crippen molar-refractivity contribution in [3.63, 3.8) is 0 Å². The van der Waals surface area contributed by atoms with E-state index >= 15 is 0 Å². The second kappa shape index (κ2) is 8.22. The van der Waals surface area contributed by atoms with Crippen molar-refractivity contribution in [1.82, 2.24) is 10.2 Å². The molecule has 0 unspecified atom stereocenters. The number of benzene rings is 1. The smallest absolute Gasteiger partial charge is 0.445 e. The number of carbonyl (C=O) groups is 2. The van der Waals surface area contributed by atoms with E-state index in [2.05, 4.69) is 26.1 Å². The molecule has 35 heavy (non-hydrogen) atoms. The fourth-order valence-corrected chi connectivity index (χ4v) is 7.33. The third-order valence-corrected chi connectivity index (χ3v) is 9.51. The molecule has 0 aromatic heterocycles. The summed E-state index contributed by atoms with van der Waals surface area (Å²) in [5.41, 5.74) is 0.816. The molecule has 6 aliphatic rings. The summed E-state index contributed by atoms with van der Waals surface area (Å²) in [7, 11) is -0.475. The maximum absolute atomic E-state index is 13.6. The summed E-state index contributed by atoms with van der Waals surface area (Å²) < 4.78 is 24.7. The molecule has 1 aromatic carbocycles. The van der Waals surface area contributed by atoms with Crippen LogP contribution in [0.5, 0.6) is 0 Å². The van der Waals surface area contributed by atoms with Gasteiger partial charge in [0, 0.05) is 0 Å². The van der Waals surface area contributed by atoms with Gasteiger partial charge in [0.25, 0.3) is 0 Å². The molecular weight excluding hydrogens is 447 g/mol. The lowest BCUT2D eigenvalue weighted by atomic mass is 9.43. The van der Waals surface area contributed by atoms with E-state index in [1.54, 1.807) is 4.90 Å². The number of rotatable bonds is 4. The van der Waals surface area contributed by atoms with Crippen molar-refractivity contribution in [2.75, 3.05) is 0 Å². The van der Waals surface area contributed by atoms with Gasteiger partial charge in [-0.1, -0.05) is 44.2 Å². The molecule has 7 rings (SSSR count). The average molecular weight is 482 g/mol. The third kappa shape index (κ3) is 3.61. The van der Waals surface area contributed by atoms with Crippen molar-refractivity contribution >= 4 is 19.1 Å². The van der Waals surface area contributed by atoms with Gasteiger partial charge in [-0.15, -0.1) is 0 Å². The second-order valence-electron chi connectivity index (χ2n) is 11.7. The molecule has 0 spiro atoms. The van der Waals surface area contributed by atoms with Crippen molar-refractivity contribution in [2.45, 2.75) is 96.0 Å². The summed E-state index contributed by atoms with van der Waals surface area (Å²) in [4.78, 5) is 27.9. The highest BCUT2D eigenvalue weighted by Crippen LogP contribution is 2.66. The van der Waals surface area contributed by atoms with E-state index in [4.69, 9.17) is 18.8 Å². The van der Waals surface area contributed by atoms with Gasteiger partial charge in [0.2, 0.25) is 5.91 Å². The molecule has 9 heteroatoms. The SMILES string of the molecule is C[C@H]1O[C@H]2CC[C@@H](B3O[C@@H]4C[C@@H]5C[C@@H](C5(C)C)[C@]4(C)O3)N2C(=O)[C@H]1NC(=O)OCc1ccccc1. The number of fused-ring (bicyclic) bond motifs is 1. The Morgan fingerprint density at radius 2 is 1.97 bits per heavy atom. The Labute approximate surface area is 207 Å². The van der Waals surface area contributed by atoms with Crippen LogP contribution in [0, 0.1) is 17.3 Å². The molecule has 1 N–H and O–H groups in total. The molecular formula is C26H35BN2O6. The minimum absolute atomic E-state index is 0.0601. The lowest BCUT2D eigenvalue weighted by Crippen LogP contribution is -2.66. The predicted octanol–water partition coefficient (Wildman–Crippen LogP) is 3.28. The number of hydrogen-bond donors (Lipinski definition) is 1. The van der Waals surface area contributed by atoms with E-state index in [0.29, 0.717) is 11.8 Å². The largest absolute Gasteiger partial charge is 0.482 e. The van der Waals surface area contributed by atoms with Gasteiger partial charge in [-0.3, -0.25) is 4.79 Å². The molecule has 0 radical (unpaired) electrons. The zero-order chi connectivity index (χ0) is 24.5. The highest BCUT2D eigenvalue weighted by atomic mass is 16.7. The van der Waals surface area contributed by atoms with E-state index in [-0.39, 0.29) is 41.8 Å². The van der Waals surface area contributed by atoms with Crippen LogP contribution in [0.3, 0.4) is 0 Å². The topological polar surface area (TPSA) is 86.3 Å². The first-order valence-electron chi connectivity index (χ1n) is 13.0. The summed E-state index contributed by atoms with van der Waals surface area (Å²) in [6.07, 6.45) is 2.32. The number of nitrogens with one attached hydrogen (secondary N) is 1. The lowest BCUT2D eigenvalue weighted by molar-refractivity contribution is -0.199. The standard InChI is InChI=1S/C26H35BN2O6/c1-15-22(28-24(31)32-14-16-8-6-5-7-9-16)23(30)29-20(10-11-21(29)33-15)27-34-19-13-17-12-18(25(17,2)3)26(19,4)35-27/h5-9,15,17-22H,10-14H2,1-4H3,(H,28,31)/t15-,17+,18+,19-,20+,21+,22+,26+/m1/s1. The van der Waals surface area contributed by atoms with Crippen molar-refractivity contribution < 1.29 is 28.4 Å². The molecule has 2 bridgehead atoms. The van der Waals surface area contributed by atoms with Crippen LogP contribution >= 0.6 is 0 Å². The van der Waals surface area contributed by atoms with Gasteiger partial charge in [-0.05, 0) is 62.3 Å². The molecule has 8 atom stereocenters. The normalized spacial score (nSPS) is 41.1. The van der Waals surface area contributed by atoms with Crippen LogP contribution < -0.4 is 5.32 Å². The zero-order valence-corrected chi connectivity index (χ0v) is 20.9. The van der Waals surface area contributed by atoms with E-state index in [1.807, 2.05) is 37.3 Å². The maximum atomic E-state index is 13.6.